The van der Waals surface area contributed by atoms with Crippen LogP contribution in [0.1, 0.15) is 28.8 Å². The highest BCUT2D eigenvalue weighted by molar-refractivity contribution is 6.68. The Labute approximate surface area is 203 Å². The number of hydrogen-bond acceptors (Lipinski definition) is 3. The summed E-state index contributed by atoms with van der Waals surface area (Å²) in [4.78, 5) is 15.2. The van der Waals surface area contributed by atoms with Crippen molar-refractivity contribution in [1.82, 2.24) is 10.2 Å². The van der Waals surface area contributed by atoms with Gasteiger partial charge >= 0.3 is 0 Å². The smallest absolute Gasteiger partial charge is 0.251 e. The summed E-state index contributed by atoms with van der Waals surface area (Å²) in [5, 5.41) is 2.99. The highest BCUT2D eigenvalue weighted by atomic mass is 35.6. The van der Waals surface area contributed by atoms with Crippen LogP contribution in [0.5, 0.6) is 0 Å². The molecule has 1 aliphatic heterocycles. The van der Waals surface area contributed by atoms with E-state index in [2.05, 4.69) is 28.4 Å². The number of allylic oxidation sites excluding steroid dienone is 1. The van der Waals surface area contributed by atoms with Crippen molar-refractivity contribution < 1.29 is 9.53 Å². The molecular formula is C25H25Cl3N2O2. The van der Waals surface area contributed by atoms with Crippen molar-refractivity contribution in [3.63, 3.8) is 0 Å². The molecule has 1 heterocycles. The van der Waals surface area contributed by atoms with Crippen LogP contribution >= 0.6 is 34.8 Å². The number of nitrogens with one attached hydrogen (secondary N) is 1. The average molecular weight is 492 g/mol. The summed E-state index contributed by atoms with van der Waals surface area (Å²) in [6.07, 6.45) is 3.71. The Bertz CT molecular complexity index is 995. The van der Waals surface area contributed by atoms with E-state index in [0.717, 1.165) is 36.3 Å². The molecule has 0 aromatic heterocycles. The van der Waals surface area contributed by atoms with E-state index in [1.807, 2.05) is 36.4 Å². The fourth-order valence-corrected chi connectivity index (χ4v) is 4.81. The normalized spacial score (nSPS) is 19.3. The molecule has 2 aliphatic rings. The van der Waals surface area contributed by atoms with Crippen LogP contribution in [-0.2, 0) is 4.74 Å². The standard InChI is InChI=1S/C25H25Cl3N2O2/c26-25(27,28)23(29-24(31)19-9-5-2-6-10-19)21-12-11-20(17-18-7-3-1-4-8-18)22(21)30-13-15-32-16-14-30/h1-10,17,23H,11-16H2,(H,29,31)/b20-17+. The quantitative estimate of drug-likeness (QED) is 0.552. The number of benzene rings is 2. The third-order valence-corrected chi connectivity index (χ3v) is 6.38. The fraction of sp³-hybridized carbons (Fsp3) is 0.320. The monoisotopic (exact) mass is 490 g/mol. The van der Waals surface area contributed by atoms with E-state index in [4.69, 9.17) is 39.5 Å². The number of carbonyl (C=O) groups is 1. The minimum absolute atomic E-state index is 0.267. The minimum Gasteiger partial charge on any atom is -0.378 e. The molecule has 4 nitrogen and oxygen atoms in total. The lowest BCUT2D eigenvalue weighted by molar-refractivity contribution is 0.0544. The molecule has 32 heavy (non-hydrogen) atoms. The number of alkyl halides is 3. The molecule has 1 atom stereocenters. The summed E-state index contributed by atoms with van der Waals surface area (Å²) >= 11 is 19.3. The number of rotatable bonds is 5. The molecule has 2 aromatic rings. The molecule has 4 rings (SSSR count). The second-order valence-electron chi connectivity index (χ2n) is 7.87. The van der Waals surface area contributed by atoms with Crippen LogP contribution in [0.15, 0.2) is 77.5 Å². The summed E-state index contributed by atoms with van der Waals surface area (Å²) < 4.78 is 3.87. The van der Waals surface area contributed by atoms with Gasteiger partial charge in [0.25, 0.3) is 5.91 Å². The van der Waals surface area contributed by atoms with Gasteiger partial charge < -0.3 is 15.0 Å². The first-order chi connectivity index (χ1) is 15.4. The summed E-state index contributed by atoms with van der Waals surface area (Å²) in [6.45, 7) is 2.79. The number of halogens is 3. The van der Waals surface area contributed by atoms with Crippen molar-refractivity contribution >= 4 is 46.8 Å². The molecule has 2 aromatic carbocycles. The van der Waals surface area contributed by atoms with Crippen molar-refractivity contribution in [1.29, 1.82) is 0 Å². The molecule has 7 heteroatoms. The van der Waals surface area contributed by atoms with Crippen LogP contribution in [0.2, 0.25) is 0 Å². The highest BCUT2D eigenvalue weighted by Gasteiger charge is 2.41. The number of amides is 1. The maximum Gasteiger partial charge on any atom is 0.251 e. The lowest BCUT2D eigenvalue weighted by Crippen LogP contribution is -2.46. The van der Waals surface area contributed by atoms with Crippen molar-refractivity contribution in [2.75, 3.05) is 26.3 Å². The van der Waals surface area contributed by atoms with Crippen LogP contribution in [0.25, 0.3) is 6.08 Å². The largest absolute Gasteiger partial charge is 0.378 e. The summed E-state index contributed by atoms with van der Waals surface area (Å²) in [5.74, 6) is -0.267. The van der Waals surface area contributed by atoms with Crippen LogP contribution < -0.4 is 5.32 Å². The molecule has 0 spiro atoms. The fourth-order valence-electron chi connectivity index (χ4n) is 4.25. The van der Waals surface area contributed by atoms with Crippen molar-refractivity contribution in [3.05, 3.63) is 88.6 Å². The zero-order valence-electron chi connectivity index (χ0n) is 17.6. The zero-order chi connectivity index (χ0) is 22.6. The van der Waals surface area contributed by atoms with Crippen molar-refractivity contribution in [3.8, 4) is 0 Å². The van der Waals surface area contributed by atoms with E-state index in [1.165, 1.54) is 5.57 Å². The van der Waals surface area contributed by atoms with Gasteiger partial charge in [-0.05, 0) is 47.8 Å². The van der Waals surface area contributed by atoms with Crippen LogP contribution in [0, 0.1) is 0 Å². The van der Waals surface area contributed by atoms with Crippen molar-refractivity contribution in [2.45, 2.75) is 22.7 Å². The van der Waals surface area contributed by atoms with E-state index in [9.17, 15) is 4.79 Å². The van der Waals surface area contributed by atoms with Gasteiger partial charge in [-0.25, -0.2) is 0 Å². The first-order valence-electron chi connectivity index (χ1n) is 10.7. The third kappa shape index (κ3) is 5.49. The summed E-state index contributed by atoms with van der Waals surface area (Å²) in [7, 11) is 0. The van der Waals surface area contributed by atoms with Gasteiger partial charge in [-0.3, -0.25) is 4.79 Å². The van der Waals surface area contributed by atoms with Crippen molar-refractivity contribution in [2.24, 2.45) is 0 Å². The second-order valence-corrected chi connectivity index (χ2v) is 10.2. The van der Waals surface area contributed by atoms with Gasteiger partial charge in [0.1, 0.15) is 0 Å². The lowest BCUT2D eigenvalue weighted by atomic mass is 10.0. The van der Waals surface area contributed by atoms with Crippen LogP contribution in [0.3, 0.4) is 0 Å². The topological polar surface area (TPSA) is 41.6 Å². The number of carbonyl (C=O) groups excluding carboxylic acids is 1. The van der Waals surface area contributed by atoms with E-state index in [-0.39, 0.29) is 5.91 Å². The lowest BCUT2D eigenvalue weighted by Gasteiger charge is -2.34. The number of hydrogen-bond donors (Lipinski definition) is 1. The van der Waals surface area contributed by atoms with Gasteiger partial charge in [-0.2, -0.15) is 0 Å². The first kappa shape index (κ1) is 23.2. The van der Waals surface area contributed by atoms with Gasteiger partial charge in [0.15, 0.2) is 0 Å². The molecule has 1 N–H and O–H groups in total. The molecule has 1 saturated heterocycles. The molecular weight excluding hydrogens is 467 g/mol. The maximum atomic E-state index is 13.0. The number of ether oxygens (including phenoxy) is 1. The second kappa shape index (κ2) is 10.3. The molecule has 0 bridgehead atoms. The predicted molar refractivity (Wildman–Crippen MR) is 131 cm³/mol. The summed E-state index contributed by atoms with van der Waals surface area (Å²) in [5.41, 5.74) is 4.83. The van der Waals surface area contributed by atoms with Crippen LogP contribution in [0.4, 0.5) is 0 Å². The Kier molecular flexibility index (Phi) is 7.47. The third-order valence-electron chi connectivity index (χ3n) is 5.73. The van der Waals surface area contributed by atoms with E-state index >= 15 is 0 Å². The van der Waals surface area contributed by atoms with Gasteiger partial charge in [-0.15, -0.1) is 0 Å². The number of morpholine rings is 1. The minimum atomic E-state index is -1.69. The first-order valence-corrected chi connectivity index (χ1v) is 11.8. The zero-order valence-corrected chi connectivity index (χ0v) is 19.8. The van der Waals surface area contributed by atoms with Gasteiger partial charge in [0.2, 0.25) is 3.79 Å². The Balaban J connectivity index is 1.74. The molecule has 0 saturated carbocycles. The van der Waals surface area contributed by atoms with Gasteiger partial charge in [0.05, 0.1) is 19.3 Å². The Morgan fingerprint density at radius 1 is 0.969 bits per heavy atom. The Morgan fingerprint density at radius 3 is 2.22 bits per heavy atom. The van der Waals surface area contributed by atoms with Gasteiger partial charge in [0, 0.05) is 24.4 Å². The van der Waals surface area contributed by atoms with E-state index in [0.29, 0.717) is 25.2 Å². The predicted octanol–water partition coefficient (Wildman–Crippen LogP) is 5.62. The molecule has 168 valence electrons. The van der Waals surface area contributed by atoms with E-state index < -0.39 is 9.83 Å². The molecule has 1 fully saturated rings. The Morgan fingerprint density at radius 2 is 1.59 bits per heavy atom. The highest BCUT2D eigenvalue weighted by Crippen LogP contribution is 2.43. The molecule has 0 radical (unpaired) electrons. The molecule has 1 amide bonds. The Hall–Kier alpha value is -1.98. The van der Waals surface area contributed by atoms with Crippen LogP contribution in [-0.4, -0.2) is 46.9 Å². The van der Waals surface area contributed by atoms with Gasteiger partial charge in [-0.1, -0.05) is 83.3 Å². The maximum absolute atomic E-state index is 13.0. The number of nitrogens with zero attached hydrogens (tertiary/aromatic N) is 1. The van der Waals surface area contributed by atoms with E-state index in [1.54, 1.807) is 12.1 Å². The molecule has 1 aliphatic carbocycles. The SMILES string of the molecule is O=C(NC(C1=C(N2CCOCC2)/C(=C/c2ccccc2)CC1)C(Cl)(Cl)Cl)c1ccccc1. The molecule has 1 unspecified atom stereocenters. The summed E-state index contributed by atoms with van der Waals surface area (Å²) in [6, 6.07) is 18.4. The average Bonchev–Trinajstić information content (AvgIpc) is 3.21.